The minimum Gasteiger partial charge on any atom is -0.487 e. The molecule has 3 nitrogen and oxygen atoms in total. The number of aliphatic hydroxyl groups excluding tert-OH is 1. The van der Waals surface area contributed by atoms with Crippen molar-refractivity contribution >= 4 is 11.6 Å². The summed E-state index contributed by atoms with van der Waals surface area (Å²) < 4.78 is 6.27. The molecule has 2 aliphatic rings. The smallest absolute Gasteiger partial charge is 0.126 e. The van der Waals surface area contributed by atoms with Gasteiger partial charge in [0.2, 0.25) is 0 Å². The number of aliphatic hydroxyl groups is 1. The molecule has 19 heavy (non-hydrogen) atoms. The zero-order valence-corrected chi connectivity index (χ0v) is 12.0. The van der Waals surface area contributed by atoms with Gasteiger partial charge >= 0.3 is 0 Å². The van der Waals surface area contributed by atoms with Gasteiger partial charge in [0.1, 0.15) is 11.4 Å². The van der Waals surface area contributed by atoms with Crippen LogP contribution in [0, 0.1) is 0 Å². The molecule has 4 heteroatoms. The van der Waals surface area contributed by atoms with E-state index in [4.69, 9.17) is 16.3 Å². The first-order valence-corrected chi connectivity index (χ1v) is 7.31. The molecule has 0 amide bonds. The lowest BCUT2D eigenvalue weighted by molar-refractivity contribution is -0.0235. The molecule has 3 rings (SSSR count). The highest BCUT2D eigenvalue weighted by Gasteiger charge is 2.41. The molecule has 104 valence electrons. The van der Waals surface area contributed by atoms with Crippen LogP contribution in [-0.2, 0) is 0 Å². The maximum absolute atomic E-state index is 10.4. The van der Waals surface area contributed by atoms with Gasteiger partial charge in [0.25, 0.3) is 0 Å². The van der Waals surface area contributed by atoms with Gasteiger partial charge in [-0.05, 0) is 51.1 Å². The van der Waals surface area contributed by atoms with Crippen LogP contribution in [0.3, 0.4) is 0 Å². The van der Waals surface area contributed by atoms with Crippen molar-refractivity contribution in [1.82, 2.24) is 4.90 Å². The van der Waals surface area contributed by atoms with Crippen molar-refractivity contribution in [2.24, 2.45) is 0 Å². The zero-order valence-electron chi connectivity index (χ0n) is 11.2. The van der Waals surface area contributed by atoms with Gasteiger partial charge in [0, 0.05) is 23.6 Å². The molecule has 0 radical (unpaired) electrons. The van der Waals surface area contributed by atoms with E-state index in [-0.39, 0.29) is 5.60 Å². The Morgan fingerprint density at radius 1 is 1.37 bits per heavy atom. The fourth-order valence-corrected chi connectivity index (χ4v) is 3.40. The number of hydrogen-bond donors (Lipinski definition) is 1. The van der Waals surface area contributed by atoms with Crippen molar-refractivity contribution in [3.8, 4) is 5.75 Å². The van der Waals surface area contributed by atoms with E-state index in [0.717, 1.165) is 43.7 Å². The van der Waals surface area contributed by atoms with Crippen molar-refractivity contribution in [3.05, 3.63) is 28.8 Å². The Labute approximate surface area is 119 Å². The molecule has 1 aromatic carbocycles. The normalized spacial score (nSPS) is 31.6. The maximum Gasteiger partial charge on any atom is 0.126 e. The summed E-state index contributed by atoms with van der Waals surface area (Å²) in [4.78, 5) is 2.34. The standard InChI is InChI=1S/C15H20ClNO2/c1-17-7-2-5-15(6-8-17)10-13(18)12-9-11(16)3-4-14(12)19-15/h3-4,9,13,18H,2,5-8,10H2,1H3. The molecule has 1 fully saturated rings. The van der Waals surface area contributed by atoms with Crippen molar-refractivity contribution in [1.29, 1.82) is 0 Å². The monoisotopic (exact) mass is 281 g/mol. The van der Waals surface area contributed by atoms with Crippen molar-refractivity contribution < 1.29 is 9.84 Å². The molecule has 1 aromatic rings. The van der Waals surface area contributed by atoms with Crippen LogP contribution in [0.1, 0.15) is 37.4 Å². The first-order valence-electron chi connectivity index (χ1n) is 6.93. The number of benzene rings is 1. The second-order valence-corrected chi connectivity index (χ2v) is 6.28. The van der Waals surface area contributed by atoms with Gasteiger partial charge in [-0.3, -0.25) is 0 Å². The van der Waals surface area contributed by atoms with Gasteiger partial charge in [-0.15, -0.1) is 0 Å². The van der Waals surface area contributed by atoms with Gasteiger partial charge in [-0.25, -0.2) is 0 Å². The Morgan fingerprint density at radius 2 is 2.21 bits per heavy atom. The number of nitrogens with zero attached hydrogens (tertiary/aromatic N) is 1. The lowest BCUT2D eigenvalue weighted by atomic mass is 9.83. The Kier molecular flexibility index (Phi) is 3.46. The maximum atomic E-state index is 10.4. The van der Waals surface area contributed by atoms with Crippen LogP contribution >= 0.6 is 11.6 Å². The van der Waals surface area contributed by atoms with Crippen LogP contribution in [-0.4, -0.2) is 35.7 Å². The lowest BCUT2D eigenvalue weighted by Crippen LogP contribution is -2.41. The fraction of sp³-hybridized carbons (Fsp3) is 0.600. The van der Waals surface area contributed by atoms with Crippen molar-refractivity contribution in [2.75, 3.05) is 20.1 Å². The van der Waals surface area contributed by atoms with Crippen LogP contribution < -0.4 is 4.74 Å². The number of ether oxygens (including phenoxy) is 1. The molecule has 2 unspecified atom stereocenters. The van der Waals surface area contributed by atoms with Crippen LogP contribution in [0.25, 0.3) is 0 Å². The number of hydrogen-bond acceptors (Lipinski definition) is 3. The van der Waals surface area contributed by atoms with Gasteiger partial charge in [0.05, 0.1) is 6.10 Å². The third-order valence-corrected chi connectivity index (χ3v) is 4.58. The molecule has 1 spiro atoms. The van der Waals surface area contributed by atoms with Crippen LogP contribution in [0.2, 0.25) is 5.02 Å². The summed E-state index contributed by atoms with van der Waals surface area (Å²) in [7, 11) is 2.14. The van der Waals surface area contributed by atoms with Gasteiger partial charge in [0.15, 0.2) is 0 Å². The third kappa shape index (κ3) is 2.60. The number of halogens is 1. The summed E-state index contributed by atoms with van der Waals surface area (Å²) in [6.45, 7) is 2.13. The topological polar surface area (TPSA) is 32.7 Å². The number of fused-ring (bicyclic) bond motifs is 1. The van der Waals surface area contributed by atoms with E-state index in [1.807, 2.05) is 18.2 Å². The van der Waals surface area contributed by atoms with Crippen molar-refractivity contribution in [2.45, 2.75) is 37.4 Å². The van der Waals surface area contributed by atoms with E-state index in [0.29, 0.717) is 11.4 Å². The van der Waals surface area contributed by atoms with Crippen molar-refractivity contribution in [3.63, 3.8) is 0 Å². The molecule has 0 aromatic heterocycles. The summed E-state index contributed by atoms with van der Waals surface area (Å²) in [5.41, 5.74) is 0.626. The summed E-state index contributed by atoms with van der Waals surface area (Å²) >= 11 is 5.99. The zero-order chi connectivity index (χ0) is 13.5. The van der Waals surface area contributed by atoms with E-state index in [1.165, 1.54) is 0 Å². The third-order valence-electron chi connectivity index (χ3n) is 4.34. The van der Waals surface area contributed by atoms with Gasteiger partial charge < -0.3 is 14.7 Å². The predicted molar refractivity (Wildman–Crippen MR) is 75.7 cm³/mol. The highest BCUT2D eigenvalue weighted by Crippen LogP contribution is 2.44. The second-order valence-electron chi connectivity index (χ2n) is 5.84. The van der Waals surface area contributed by atoms with Crippen LogP contribution in [0.4, 0.5) is 0 Å². The van der Waals surface area contributed by atoms with E-state index < -0.39 is 6.10 Å². The summed E-state index contributed by atoms with van der Waals surface area (Å²) in [6, 6.07) is 5.53. The van der Waals surface area contributed by atoms with E-state index in [1.54, 1.807) is 0 Å². The summed E-state index contributed by atoms with van der Waals surface area (Å²) in [5, 5.41) is 11.1. The molecule has 0 saturated carbocycles. The predicted octanol–water partition coefficient (Wildman–Crippen LogP) is 3.01. The highest BCUT2D eigenvalue weighted by molar-refractivity contribution is 6.30. The van der Waals surface area contributed by atoms with Gasteiger partial charge in [-0.2, -0.15) is 0 Å². The molecular weight excluding hydrogens is 262 g/mol. The average molecular weight is 282 g/mol. The molecule has 0 aliphatic carbocycles. The van der Waals surface area contributed by atoms with E-state index in [2.05, 4.69) is 11.9 Å². The molecule has 1 N–H and O–H groups in total. The molecule has 1 saturated heterocycles. The first kappa shape index (κ1) is 13.2. The first-order chi connectivity index (χ1) is 9.08. The molecule has 2 heterocycles. The Bertz CT molecular complexity index is 479. The minimum absolute atomic E-state index is 0.203. The SMILES string of the molecule is CN1CCCC2(CC1)CC(O)c1cc(Cl)ccc1O2. The minimum atomic E-state index is -0.467. The summed E-state index contributed by atoms with van der Waals surface area (Å²) in [6.07, 6.45) is 3.31. The molecule has 0 bridgehead atoms. The Balaban J connectivity index is 1.89. The number of likely N-dealkylation sites (tertiary alicyclic amines) is 1. The highest BCUT2D eigenvalue weighted by atomic mass is 35.5. The van der Waals surface area contributed by atoms with E-state index >= 15 is 0 Å². The average Bonchev–Trinajstić information content (AvgIpc) is 2.54. The van der Waals surface area contributed by atoms with Crippen LogP contribution in [0.5, 0.6) is 5.75 Å². The van der Waals surface area contributed by atoms with Gasteiger partial charge in [-0.1, -0.05) is 11.6 Å². The molecule has 2 atom stereocenters. The van der Waals surface area contributed by atoms with E-state index in [9.17, 15) is 5.11 Å². The Morgan fingerprint density at radius 3 is 3.05 bits per heavy atom. The second kappa shape index (κ2) is 4.97. The number of rotatable bonds is 0. The quantitative estimate of drug-likeness (QED) is 0.793. The Hall–Kier alpha value is -0.770. The molecule has 2 aliphatic heterocycles. The van der Waals surface area contributed by atoms with Crippen LogP contribution in [0.15, 0.2) is 18.2 Å². The molecular formula is C15H20ClNO2. The summed E-state index contributed by atoms with van der Waals surface area (Å²) in [5.74, 6) is 0.799. The fourth-order valence-electron chi connectivity index (χ4n) is 3.22. The lowest BCUT2D eigenvalue weighted by Gasteiger charge is -2.40. The largest absolute Gasteiger partial charge is 0.487 e.